The van der Waals surface area contributed by atoms with E-state index in [1.165, 1.54) is 0 Å². The number of aromatic nitrogens is 1. The molecule has 0 bridgehead atoms. The molecule has 4 rings (SSSR count). The summed E-state index contributed by atoms with van der Waals surface area (Å²) < 4.78 is 5.81. The molecule has 2 heterocycles. The van der Waals surface area contributed by atoms with Crippen molar-refractivity contribution in [2.24, 2.45) is 0 Å². The van der Waals surface area contributed by atoms with Crippen LogP contribution in [0.15, 0.2) is 52.9 Å². The fourth-order valence-electron chi connectivity index (χ4n) is 3.30. The summed E-state index contributed by atoms with van der Waals surface area (Å²) >= 11 is 0. The monoisotopic (exact) mass is 292 g/mol. The Bertz CT molecular complexity index is 850. The number of para-hydroxylation sites is 3. The molecule has 1 amide bonds. The Balaban J connectivity index is 1.79. The van der Waals surface area contributed by atoms with E-state index in [2.05, 4.69) is 4.98 Å². The molecule has 110 valence electrons. The van der Waals surface area contributed by atoms with Crippen molar-refractivity contribution in [3.05, 3.63) is 60.0 Å². The first-order valence-electron chi connectivity index (χ1n) is 7.32. The van der Waals surface area contributed by atoms with E-state index in [4.69, 9.17) is 4.42 Å². The third-order valence-corrected chi connectivity index (χ3v) is 4.48. The van der Waals surface area contributed by atoms with Gasteiger partial charge in [0.15, 0.2) is 11.5 Å². The lowest BCUT2D eigenvalue weighted by molar-refractivity contribution is -0.122. The first kappa shape index (κ1) is 13.1. The molecule has 1 aromatic heterocycles. The Labute approximate surface area is 128 Å². The van der Waals surface area contributed by atoms with Gasteiger partial charge < -0.3 is 9.32 Å². The molecule has 4 heteroatoms. The molecule has 22 heavy (non-hydrogen) atoms. The number of fused-ring (bicyclic) bond motifs is 2. The fourth-order valence-corrected chi connectivity index (χ4v) is 3.30. The second-order valence-electron chi connectivity index (χ2n) is 5.97. The summed E-state index contributed by atoms with van der Waals surface area (Å²) in [5.41, 5.74) is 2.95. The van der Waals surface area contributed by atoms with Crippen LogP contribution in [0.4, 0.5) is 5.69 Å². The molecular formula is C18H16N2O2. The molecule has 0 spiro atoms. The number of rotatable bonds is 2. The standard InChI is InChI=1S/C18H16N2O2/c1-18(11-16-19-13-8-4-6-10-15(13)22-16)12-7-3-5-9-14(12)20(2)17(18)21/h3-10H,11H2,1-2H3/t18-/m1/s1. The van der Waals surface area contributed by atoms with Crippen LogP contribution >= 0.6 is 0 Å². The minimum atomic E-state index is -0.633. The second-order valence-corrected chi connectivity index (χ2v) is 5.97. The van der Waals surface area contributed by atoms with Crippen molar-refractivity contribution < 1.29 is 9.21 Å². The van der Waals surface area contributed by atoms with Gasteiger partial charge >= 0.3 is 0 Å². The Morgan fingerprint density at radius 3 is 2.68 bits per heavy atom. The van der Waals surface area contributed by atoms with Crippen molar-refractivity contribution >= 4 is 22.7 Å². The summed E-state index contributed by atoms with van der Waals surface area (Å²) in [5.74, 6) is 0.679. The molecule has 0 fully saturated rings. The van der Waals surface area contributed by atoms with Gasteiger partial charge in [-0.05, 0) is 30.7 Å². The van der Waals surface area contributed by atoms with Crippen molar-refractivity contribution in [3.63, 3.8) is 0 Å². The van der Waals surface area contributed by atoms with Crippen LogP contribution < -0.4 is 4.90 Å². The quantitative estimate of drug-likeness (QED) is 0.728. The third-order valence-electron chi connectivity index (χ3n) is 4.48. The zero-order valence-corrected chi connectivity index (χ0v) is 12.5. The minimum absolute atomic E-state index is 0.0796. The molecule has 0 aliphatic carbocycles. The normalized spacial score (nSPS) is 20.6. The van der Waals surface area contributed by atoms with Crippen molar-refractivity contribution in [3.8, 4) is 0 Å². The molecule has 1 aliphatic heterocycles. The van der Waals surface area contributed by atoms with E-state index in [9.17, 15) is 4.79 Å². The molecule has 1 atom stereocenters. The maximum atomic E-state index is 12.8. The van der Waals surface area contributed by atoms with Gasteiger partial charge in [-0.15, -0.1) is 0 Å². The zero-order valence-electron chi connectivity index (χ0n) is 12.5. The lowest BCUT2D eigenvalue weighted by atomic mass is 9.80. The number of carbonyl (C=O) groups is 1. The Morgan fingerprint density at radius 2 is 1.86 bits per heavy atom. The summed E-state index contributed by atoms with van der Waals surface area (Å²) in [7, 11) is 1.82. The summed E-state index contributed by atoms with van der Waals surface area (Å²) in [6.45, 7) is 1.96. The molecule has 2 aromatic carbocycles. The van der Waals surface area contributed by atoms with E-state index < -0.39 is 5.41 Å². The van der Waals surface area contributed by atoms with Gasteiger partial charge in [0.1, 0.15) is 5.52 Å². The molecule has 4 nitrogen and oxygen atoms in total. The van der Waals surface area contributed by atoms with Crippen LogP contribution in [0.2, 0.25) is 0 Å². The maximum Gasteiger partial charge on any atom is 0.237 e. The molecule has 3 aromatic rings. The van der Waals surface area contributed by atoms with E-state index in [1.54, 1.807) is 4.90 Å². The molecule has 0 saturated carbocycles. The summed E-state index contributed by atoms with van der Waals surface area (Å²) in [6.07, 6.45) is 0.460. The molecular weight excluding hydrogens is 276 g/mol. The topological polar surface area (TPSA) is 46.3 Å². The molecule has 1 aliphatic rings. The molecule has 0 radical (unpaired) electrons. The number of nitrogens with zero attached hydrogens (tertiary/aromatic N) is 2. The number of anilines is 1. The van der Waals surface area contributed by atoms with E-state index in [0.717, 1.165) is 22.4 Å². The Morgan fingerprint density at radius 1 is 1.14 bits per heavy atom. The van der Waals surface area contributed by atoms with Gasteiger partial charge in [0.05, 0.1) is 5.41 Å². The highest BCUT2D eigenvalue weighted by atomic mass is 16.3. The number of likely N-dealkylation sites (N-methyl/N-ethyl adjacent to an activating group) is 1. The van der Waals surface area contributed by atoms with Gasteiger partial charge in [-0.3, -0.25) is 4.79 Å². The van der Waals surface area contributed by atoms with Gasteiger partial charge in [-0.2, -0.15) is 0 Å². The van der Waals surface area contributed by atoms with E-state index >= 15 is 0 Å². The van der Waals surface area contributed by atoms with Crippen LogP contribution in [0.5, 0.6) is 0 Å². The van der Waals surface area contributed by atoms with Crippen molar-refractivity contribution in [1.29, 1.82) is 0 Å². The predicted molar refractivity (Wildman–Crippen MR) is 84.9 cm³/mol. The van der Waals surface area contributed by atoms with Gasteiger partial charge in [0.2, 0.25) is 5.91 Å². The first-order chi connectivity index (χ1) is 10.6. The van der Waals surface area contributed by atoms with Crippen LogP contribution in [-0.4, -0.2) is 17.9 Å². The lowest BCUT2D eigenvalue weighted by Crippen LogP contribution is -2.37. The SMILES string of the molecule is CN1C(=O)[C@](C)(Cc2nc3ccccc3o2)c2ccccc21. The highest BCUT2D eigenvalue weighted by molar-refractivity contribution is 6.07. The lowest BCUT2D eigenvalue weighted by Gasteiger charge is -2.21. The van der Waals surface area contributed by atoms with Crippen LogP contribution in [0.3, 0.4) is 0 Å². The average molecular weight is 292 g/mol. The molecule has 0 saturated heterocycles. The average Bonchev–Trinajstić information content (AvgIpc) is 3.02. The molecule has 0 N–H and O–H groups in total. The van der Waals surface area contributed by atoms with Gasteiger partial charge in [0, 0.05) is 19.2 Å². The largest absolute Gasteiger partial charge is 0.441 e. The summed E-state index contributed by atoms with van der Waals surface area (Å²) in [5, 5.41) is 0. The Hall–Kier alpha value is -2.62. The third kappa shape index (κ3) is 1.70. The number of amides is 1. The summed E-state index contributed by atoms with van der Waals surface area (Å²) in [4.78, 5) is 19.0. The van der Waals surface area contributed by atoms with E-state index in [1.807, 2.05) is 62.5 Å². The number of oxazole rings is 1. The summed E-state index contributed by atoms with van der Waals surface area (Å²) in [6, 6.07) is 15.6. The van der Waals surface area contributed by atoms with Crippen LogP contribution in [0.25, 0.3) is 11.1 Å². The predicted octanol–water partition coefficient (Wildman–Crippen LogP) is 3.30. The van der Waals surface area contributed by atoms with Crippen LogP contribution in [-0.2, 0) is 16.6 Å². The van der Waals surface area contributed by atoms with Crippen molar-refractivity contribution in [2.45, 2.75) is 18.8 Å². The van der Waals surface area contributed by atoms with Crippen molar-refractivity contribution in [2.75, 3.05) is 11.9 Å². The van der Waals surface area contributed by atoms with Crippen LogP contribution in [0, 0.1) is 0 Å². The highest BCUT2D eigenvalue weighted by Gasteiger charge is 2.46. The fraction of sp³-hybridized carbons (Fsp3) is 0.222. The van der Waals surface area contributed by atoms with Gasteiger partial charge in [-0.1, -0.05) is 30.3 Å². The highest BCUT2D eigenvalue weighted by Crippen LogP contribution is 2.42. The maximum absolute atomic E-state index is 12.8. The van der Waals surface area contributed by atoms with Crippen LogP contribution in [0.1, 0.15) is 18.4 Å². The molecule has 0 unspecified atom stereocenters. The number of benzene rings is 2. The second kappa shape index (κ2) is 4.44. The van der Waals surface area contributed by atoms with Gasteiger partial charge in [-0.25, -0.2) is 4.98 Å². The number of carbonyl (C=O) groups excluding carboxylic acids is 1. The first-order valence-corrected chi connectivity index (χ1v) is 7.32. The van der Waals surface area contributed by atoms with Crippen molar-refractivity contribution in [1.82, 2.24) is 4.98 Å². The minimum Gasteiger partial charge on any atom is -0.441 e. The zero-order chi connectivity index (χ0) is 15.3. The smallest absolute Gasteiger partial charge is 0.237 e. The number of hydrogen-bond acceptors (Lipinski definition) is 3. The number of hydrogen-bond donors (Lipinski definition) is 0. The van der Waals surface area contributed by atoms with Gasteiger partial charge in [0.25, 0.3) is 0 Å². The van der Waals surface area contributed by atoms with E-state index in [-0.39, 0.29) is 5.91 Å². The van der Waals surface area contributed by atoms with E-state index in [0.29, 0.717) is 12.3 Å². The Kier molecular flexibility index (Phi) is 2.64.